The third kappa shape index (κ3) is 27.9. The molecule has 1 aliphatic carbocycles. The van der Waals surface area contributed by atoms with E-state index in [1.54, 1.807) is 12.1 Å². The van der Waals surface area contributed by atoms with Gasteiger partial charge in [-0.05, 0) is 205 Å². The molecule has 10 aromatic rings. The first-order chi connectivity index (χ1) is 50.2. The standard InChI is InChI=1S/C41H43O8S2.C40H40O3S.CH4O3S.CH3.4Na.2O3S/c1-24-15-26(3)36(27(4)16-24)19-30-9-12-33(38(21-30)48-7)41(35-14-11-32(50(42,43)44)23-40(35)51(45,46)47)34-13-10-31(22-39(34)49-8)20-37-28(5)17-25(2)18-29(37)6;1-25-11-9-12-26(2)34(25)21-29-17-19-31-36(23-29)40(5,6)37-24-30(22-35-27(3)13-10-14-28(35)4)18-20-32(37)39(31)33-15-7-8-16-38(33)44(41,42)43;1-5(2,3)4;;;;;;2*1-4(2)3/h9-17,21-23,41H,19-20H2,1-8H3,(H,42,43,44)(H,45,46,47);7-20,23-24,39H,21-22H2,1-6H3,(H,41,42,43);1H3,(H,2,3,4);1H3;;;;;;/q-1;;;-1;4*+1;;/p-4. The summed E-state index contributed by atoms with van der Waals surface area (Å²) in [7, 11) is -22.2. The molecule has 0 bridgehead atoms. The minimum atomic E-state index is -5.28. The number of hydrogen-bond acceptors (Lipinski definition) is 20. The van der Waals surface area contributed by atoms with Crippen LogP contribution in [-0.4, -0.2) is 97.6 Å². The fraction of sp³-hybridized carbons (Fsp3) is 0.265. The second-order valence-electron chi connectivity index (χ2n) is 27.3. The zero-order valence-electron chi connectivity index (χ0n) is 67.3. The van der Waals surface area contributed by atoms with Crippen LogP contribution in [0.1, 0.15) is 170 Å². The Morgan fingerprint density at radius 2 is 0.752 bits per heavy atom. The number of aryl methyl sites for hydroxylation is 10. The van der Waals surface area contributed by atoms with Crippen LogP contribution in [0.25, 0.3) is 0 Å². The predicted octanol–water partition coefficient (Wildman–Crippen LogP) is 1.97. The zero-order valence-corrected chi connectivity index (χ0v) is 80.2. The molecule has 0 aliphatic heterocycles. The van der Waals surface area contributed by atoms with Crippen molar-refractivity contribution < 1.29 is 205 Å². The summed E-state index contributed by atoms with van der Waals surface area (Å²) in [5.74, 6) is -0.534. The summed E-state index contributed by atoms with van der Waals surface area (Å²) in [5, 5.41) is 0. The topological polar surface area (TPSA) is 350 Å². The average molecular weight is 1690 g/mol. The van der Waals surface area contributed by atoms with Crippen LogP contribution < -0.4 is 128 Å². The van der Waals surface area contributed by atoms with E-state index in [0.29, 0.717) is 53.4 Å². The maximum absolute atomic E-state index is 12.8. The van der Waals surface area contributed by atoms with Crippen LogP contribution in [0, 0.1) is 82.7 Å². The third-order valence-electron chi connectivity index (χ3n) is 19.2. The van der Waals surface area contributed by atoms with E-state index in [-0.39, 0.29) is 147 Å². The van der Waals surface area contributed by atoms with Gasteiger partial charge in [0.25, 0.3) is 0 Å². The molecule has 1 atom stereocenters. The molecule has 0 amide bonds. The van der Waals surface area contributed by atoms with E-state index in [1.807, 2.05) is 56.3 Å². The summed E-state index contributed by atoms with van der Waals surface area (Å²) in [6.45, 7) is 25.5. The average Bonchev–Trinajstić information content (AvgIpc) is 0.716. The molecule has 0 saturated heterocycles. The van der Waals surface area contributed by atoms with Crippen LogP contribution in [0.4, 0.5) is 0 Å². The van der Waals surface area contributed by atoms with E-state index in [9.17, 15) is 38.9 Å². The van der Waals surface area contributed by atoms with Crippen molar-refractivity contribution in [2.24, 2.45) is 0 Å². The van der Waals surface area contributed by atoms with Crippen LogP contribution in [0.3, 0.4) is 0 Å². The molecule has 0 aromatic heterocycles. The summed E-state index contributed by atoms with van der Waals surface area (Å²) in [4.78, 5) is -1.80. The number of methoxy groups -OCH3 is 2. The van der Waals surface area contributed by atoms with Gasteiger partial charge >= 0.3 is 139 Å². The van der Waals surface area contributed by atoms with E-state index in [0.717, 1.165) is 74.5 Å². The molecule has 11 rings (SSSR count). The molecule has 0 heterocycles. The molecule has 0 saturated carbocycles. The van der Waals surface area contributed by atoms with Gasteiger partial charge in [0.2, 0.25) is 0 Å². The SMILES string of the molecule is COc1cc(Cc2c(C)[c-]c(C)cc2C)ccc1C(c1ccc(Cc2c(C)cc(C)cc2C)cc1OC)c1ccc(S(=O)(=O)[O-])cc1S(=O)(=O)[O-].CS(=O)(=O)[O-].Cc1cccc(C)c1Cc1ccc2c(c1)C(C)(C)c1cc(Cc3c(C)cccc3C)ccc1C2c1ccccc1S(=O)(=O)[O-].O=S(=O)=O.O=S(=O)=O.[CH3-].[Na+].[Na+].[Na+].[Na+]. The Kier molecular flexibility index (Phi) is 40.3. The maximum atomic E-state index is 12.8. The Morgan fingerprint density at radius 3 is 1.12 bits per heavy atom. The van der Waals surface area contributed by atoms with E-state index < -0.39 is 77.4 Å². The fourth-order valence-electron chi connectivity index (χ4n) is 14.4. The Hall–Kier alpha value is -5.32. The van der Waals surface area contributed by atoms with E-state index in [1.165, 1.54) is 93.1 Å². The maximum Gasteiger partial charge on any atom is 1.00 e. The van der Waals surface area contributed by atoms with Crippen LogP contribution in [0.15, 0.2) is 185 Å². The molecular weight excluding hydrogens is 1600 g/mol. The van der Waals surface area contributed by atoms with Gasteiger partial charge in [-0.25, -0.2) is 33.7 Å². The first-order valence-electron chi connectivity index (χ1n) is 33.5. The second kappa shape index (κ2) is 43.9. The van der Waals surface area contributed by atoms with Crippen molar-refractivity contribution >= 4 is 61.7 Å². The zero-order chi connectivity index (χ0) is 80.5. The van der Waals surface area contributed by atoms with Gasteiger partial charge in [0.1, 0.15) is 41.9 Å². The van der Waals surface area contributed by atoms with Crippen molar-refractivity contribution in [1.29, 1.82) is 0 Å². The van der Waals surface area contributed by atoms with Gasteiger partial charge in [0.15, 0.2) is 0 Å². The molecule has 20 nitrogen and oxygen atoms in total. The minimum absolute atomic E-state index is 0. The quantitative estimate of drug-likeness (QED) is 0.0544. The molecule has 1 unspecified atom stereocenters. The molecule has 0 spiro atoms. The van der Waals surface area contributed by atoms with Crippen molar-refractivity contribution in [3.8, 4) is 11.5 Å². The predicted molar refractivity (Wildman–Crippen MR) is 414 cm³/mol. The van der Waals surface area contributed by atoms with Gasteiger partial charge in [0, 0.05) is 34.6 Å². The number of ether oxygens (including phenoxy) is 2. The first kappa shape index (κ1) is 104. The molecule has 10 aromatic carbocycles. The number of fused-ring (bicyclic) bond motifs is 2. The van der Waals surface area contributed by atoms with Crippen molar-refractivity contribution in [2.75, 3.05) is 20.5 Å². The van der Waals surface area contributed by atoms with Gasteiger partial charge in [-0.1, -0.05) is 179 Å². The normalized spacial score (nSPS) is 12.1. The smallest absolute Gasteiger partial charge is 0.748 e. The van der Waals surface area contributed by atoms with Crippen LogP contribution in [-0.2, 0) is 92.8 Å². The molecular formula is C83H86Na4O20S6-2. The van der Waals surface area contributed by atoms with Crippen molar-refractivity contribution in [3.05, 3.63) is 328 Å². The van der Waals surface area contributed by atoms with Gasteiger partial charge in [0.05, 0.1) is 39.0 Å². The van der Waals surface area contributed by atoms with Crippen molar-refractivity contribution in [2.45, 2.75) is 141 Å². The Morgan fingerprint density at radius 1 is 0.407 bits per heavy atom. The molecule has 0 fully saturated rings. The Balaban J connectivity index is 0.000000642. The van der Waals surface area contributed by atoms with Gasteiger partial charge < -0.3 is 35.1 Å². The summed E-state index contributed by atoms with van der Waals surface area (Å²) < 4.78 is 202. The summed E-state index contributed by atoms with van der Waals surface area (Å²) in [6, 6.07) is 56.6. The van der Waals surface area contributed by atoms with Crippen LogP contribution in [0.2, 0.25) is 0 Å². The summed E-state index contributed by atoms with van der Waals surface area (Å²) in [6.07, 6.45) is 3.44. The summed E-state index contributed by atoms with van der Waals surface area (Å²) in [5.41, 5.74) is 26.7. The van der Waals surface area contributed by atoms with Gasteiger partial charge in [-0.2, -0.15) is 28.8 Å². The van der Waals surface area contributed by atoms with Gasteiger partial charge in [-0.3, -0.25) is 0 Å². The largest absolute Gasteiger partial charge is 1.00 e. The Labute approximate surface area is 758 Å². The van der Waals surface area contributed by atoms with Crippen molar-refractivity contribution in [3.63, 3.8) is 0 Å². The van der Waals surface area contributed by atoms with Crippen LogP contribution >= 0.6 is 0 Å². The van der Waals surface area contributed by atoms with E-state index in [2.05, 4.69) is 166 Å². The molecule has 1 aliphatic rings. The minimum Gasteiger partial charge on any atom is -0.748 e. The van der Waals surface area contributed by atoms with Crippen molar-refractivity contribution in [1.82, 2.24) is 0 Å². The fourth-order valence-corrected chi connectivity index (χ4v) is 16.4. The monoisotopic (exact) mass is 1690 g/mol. The summed E-state index contributed by atoms with van der Waals surface area (Å²) >= 11 is 0. The molecule has 0 radical (unpaired) electrons. The molecule has 113 heavy (non-hydrogen) atoms. The van der Waals surface area contributed by atoms with Crippen LogP contribution in [0.5, 0.6) is 11.5 Å². The molecule has 30 heteroatoms. The molecule has 0 N–H and O–H groups in total. The second-order valence-corrected chi connectivity index (χ2v) is 33.6. The number of hydrogen-bond donors (Lipinski definition) is 0. The molecule has 580 valence electrons. The Bertz CT molecular complexity index is 5490. The first-order valence-corrected chi connectivity index (χ1v) is 41.6. The van der Waals surface area contributed by atoms with E-state index >= 15 is 0 Å². The van der Waals surface area contributed by atoms with Gasteiger partial charge in [-0.15, -0.1) is 30.8 Å². The third-order valence-corrected chi connectivity index (χ3v) is 21.8. The number of rotatable bonds is 17. The number of benzene rings is 10. The van der Waals surface area contributed by atoms with E-state index in [4.69, 9.17) is 47.7 Å².